The molecule has 3 aromatic carbocycles. The number of fused-ring (bicyclic) bond motifs is 6. The Morgan fingerprint density at radius 2 is 1.77 bits per heavy atom. The molecular formula is C34H29F5N2O6. The predicted octanol–water partition coefficient (Wildman–Crippen LogP) is 6.65. The van der Waals surface area contributed by atoms with E-state index in [0.29, 0.717) is 27.3 Å². The summed E-state index contributed by atoms with van der Waals surface area (Å²) in [7, 11) is 1.27. The normalized spacial score (nSPS) is 16.2. The molecule has 0 saturated carbocycles. The van der Waals surface area contributed by atoms with Gasteiger partial charge in [-0.3, -0.25) is 19.0 Å². The summed E-state index contributed by atoms with van der Waals surface area (Å²) < 4.78 is 85.0. The third-order valence-electron chi connectivity index (χ3n) is 7.94. The van der Waals surface area contributed by atoms with Crippen LogP contribution in [0.1, 0.15) is 51.9 Å². The van der Waals surface area contributed by atoms with E-state index < -0.39 is 70.4 Å². The lowest BCUT2D eigenvalue weighted by molar-refractivity contribution is -0.139. The molecule has 47 heavy (non-hydrogen) atoms. The first-order valence-corrected chi connectivity index (χ1v) is 14.4. The number of nitrogens with one attached hydrogen (secondary N) is 1. The Balaban J connectivity index is 1.82. The molecule has 0 aliphatic carbocycles. The Morgan fingerprint density at radius 1 is 1.02 bits per heavy atom. The summed E-state index contributed by atoms with van der Waals surface area (Å²) in [6.45, 7) is 3.06. The van der Waals surface area contributed by atoms with Crippen LogP contribution in [0.15, 0.2) is 65.6 Å². The molecular weight excluding hydrogens is 627 g/mol. The van der Waals surface area contributed by atoms with Gasteiger partial charge in [0.25, 0.3) is 5.56 Å². The van der Waals surface area contributed by atoms with Gasteiger partial charge < -0.3 is 19.9 Å². The lowest BCUT2D eigenvalue weighted by Crippen LogP contribution is -2.41. The van der Waals surface area contributed by atoms with E-state index in [9.17, 15) is 32.7 Å². The minimum absolute atomic E-state index is 0.0195. The highest BCUT2D eigenvalue weighted by Crippen LogP contribution is 2.40. The molecule has 0 radical (unpaired) electrons. The van der Waals surface area contributed by atoms with Crippen LogP contribution in [0.2, 0.25) is 0 Å². The van der Waals surface area contributed by atoms with E-state index in [1.165, 1.54) is 32.2 Å². The molecule has 246 valence electrons. The van der Waals surface area contributed by atoms with Crippen LogP contribution in [0.25, 0.3) is 11.1 Å². The molecule has 2 N–H and O–H groups in total. The number of carbonyl (C=O) groups is 2. The van der Waals surface area contributed by atoms with Crippen LogP contribution in [0.5, 0.6) is 11.5 Å². The number of pyridine rings is 1. The second-order valence-electron chi connectivity index (χ2n) is 11.2. The Morgan fingerprint density at radius 3 is 2.45 bits per heavy atom. The highest BCUT2D eigenvalue weighted by Gasteiger charge is 2.37. The van der Waals surface area contributed by atoms with Gasteiger partial charge in [-0.15, -0.1) is 0 Å². The number of ether oxygens (including phenoxy) is 2. The number of aliphatic carboxylic acids is 1. The summed E-state index contributed by atoms with van der Waals surface area (Å²) in [5.41, 5.74) is -1.87. The number of aryl methyl sites for hydroxylation is 2. The van der Waals surface area contributed by atoms with Crippen LogP contribution >= 0.6 is 0 Å². The van der Waals surface area contributed by atoms with E-state index in [-0.39, 0.29) is 35.7 Å². The fraction of sp³-hybridized carbons (Fsp3) is 0.265. The van der Waals surface area contributed by atoms with Crippen LogP contribution in [0.4, 0.5) is 22.0 Å². The average Bonchev–Trinajstić information content (AvgIpc) is 2.99. The molecule has 2 atom stereocenters. The summed E-state index contributed by atoms with van der Waals surface area (Å²) >= 11 is 0. The highest BCUT2D eigenvalue weighted by molar-refractivity contribution is 5.85. The van der Waals surface area contributed by atoms with Crippen molar-refractivity contribution >= 4 is 11.9 Å². The van der Waals surface area contributed by atoms with Crippen LogP contribution in [-0.2, 0) is 26.9 Å². The molecule has 2 heterocycles. The Kier molecular flexibility index (Phi) is 9.21. The van der Waals surface area contributed by atoms with E-state index in [2.05, 4.69) is 5.32 Å². The standard InChI is InChI=1S/C34H29F5N2O6/c1-17-5-4-6-27-30(17)20-11-18(2)31(36)23(12-20)26(15-29(43)44)40-33(45)32(22-13-21(47-27)7-8-25(22)35)41-16-19(9-10-46-3)24(14-28(41)42)34(37,38)39/h4-8,11-14,16,26,32H,9-10,15H2,1-3H3,(H,40,45)(H,43,44)/t26-,32+/m1/s1. The zero-order chi connectivity index (χ0) is 34.2. The van der Waals surface area contributed by atoms with E-state index in [1.807, 2.05) is 0 Å². The Bertz CT molecular complexity index is 1940. The van der Waals surface area contributed by atoms with E-state index in [1.54, 1.807) is 25.1 Å². The van der Waals surface area contributed by atoms with Gasteiger partial charge in [-0.05, 0) is 78.9 Å². The molecule has 1 amide bonds. The Hall–Kier alpha value is -5.04. The number of hydrogen-bond acceptors (Lipinski definition) is 5. The quantitative estimate of drug-likeness (QED) is 0.225. The van der Waals surface area contributed by atoms with Crippen molar-refractivity contribution in [3.8, 4) is 22.6 Å². The van der Waals surface area contributed by atoms with Crippen molar-refractivity contribution in [3.05, 3.63) is 116 Å². The fourth-order valence-corrected chi connectivity index (χ4v) is 5.76. The molecule has 1 aromatic heterocycles. The van der Waals surface area contributed by atoms with Gasteiger partial charge in [0, 0.05) is 36.1 Å². The van der Waals surface area contributed by atoms with E-state index in [0.717, 1.165) is 18.3 Å². The average molecular weight is 657 g/mol. The number of rotatable bonds is 6. The number of carboxylic acids is 1. The third kappa shape index (κ3) is 6.75. The van der Waals surface area contributed by atoms with Crippen molar-refractivity contribution in [1.82, 2.24) is 9.88 Å². The molecule has 0 fully saturated rings. The van der Waals surface area contributed by atoms with Gasteiger partial charge in [0.15, 0.2) is 0 Å². The van der Waals surface area contributed by atoms with Gasteiger partial charge in [-0.25, -0.2) is 8.78 Å². The summed E-state index contributed by atoms with van der Waals surface area (Å²) in [5.74, 6) is -4.14. The number of aromatic nitrogens is 1. The third-order valence-corrected chi connectivity index (χ3v) is 7.94. The lowest BCUT2D eigenvalue weighted by atomic mass is 9.92. The second kappa shape index (κ2) is 13.0. The van der Waals surface area contributed by atoms with Crippen LogP contribution < -0.4 is 15.6 Å². The molecule has 5 rings (SSSR count). The summed E-state index contributed by atoms with van der Waals surface area (Å²) in [4.78, 5) is 39.5. The molecule has 0 saturated heterocycles. The number of carboxylic acid groups (broad SMARTS) is 1. The smallest absolute Gasteiger partial charge is 0.416 e. The molecule has 1 aliphatic heterocycles. The summed E-state index contributed by atoms with van der Waals surface area (Å²) in [5, 5.41) is 12.2. The highest BCUT2D eigenvalue weighted by atomic mass is 19.4. The minimum Gasteiger partial charge on any atom is -0.481 e. The molecule has 0 spiro atoms. The van der Waals surface area contributed by atoms with E-state index in [4.69, 9.17) is 9.47 Å². The van der Waals surface area contributed by atoms with Crippen LogP contribution in [0, 0.1) is 25.5 Å². The van der Waals surface area contributed by atoms with Gasteiger partial charge in [-0.2, -0.15) is 13.2 Å². The van der Waals surface area contributed by atoms with Gasteiger partial charge in [0.05, 0.1) is 24.6 Å². The van der Waals surface area contributed by atoms with Gasteiger partial charge in [-0.1, -0.05) is 12.1 Å². The minimum atomic E-state index is -4.94. The lowest BCUT2D eigenvalue weighted by Gasteiger charge is -2.26. The van der Waals surface area contributed by atoms with Crippen LogP contribution in [-0.4, -0.2) is 35.3 Å². The maximum Gasteiger partial charge on any atom is 0.416 e. The predicted molar refractivity (Wildman–Crippen MR) is 160 cm³/mol. The van der Waals surface area contributed by atoms with Crippen LogP contribution in [0.3, 0.4) is 0 Å². The van der Waals surface area contributed by atoms with Gasteiger partial charge >= 0.3 is 12.1 Å². The van der Waals surface area contributed by atoms with Crippen molar-refractivity contribution in [2.75, 3.05) is 13.7 Å². The van der Waals surface area contributed by atoms with Crippen molar-refractivity contribution in [3.63, 3.8) is 0 Å². The maximum atomic E-state index is 15.8. The molecule has 4 bridgehead atoms. The van der Waals surface area contributed by atoms with Gasteiger partial charge in [0.1, 0.15) is 29.2 Å². The second-order valence-corrected chi connectivity index (χ2v) is 11.2. The molecule has 0 unspecified atom stereocenters. The Labute approximate surface area is 265 Å². The number of hydrogen-bond donors (Lipinski definition) is 2. The molecule has 4 aromatic rings. The number of methoxy groups -OCH3 is 1. The van der Waals surface area contributed by atoms with Gasteiger partial charge in [0.2, 0.25) is 5.91 Å². The first kappa shape index (κ1) is 33.3. The number of halogens is 5. The molecule has 8 nitrogen and oxygen atoms in total. The van der Waals surface area contributed by atoms with Crippen molar-refractivity contribution in [2.45, 2.75) is 44.9 Å². The van der Waals surface area contributed by atoms with E-state index >= 15 is 8.78 Å². The first-order chi connectivity index (χ1) is 22.2. The number of amides is 1. The monoisotopic (exact) mass is 656 g/mol. The number of nitrogens with zero attached hydrogens (tertiary/aromatic N) is 1. The largest absolute Gasteiger partial charge is 0.481 e. The topological polar surface area (TPSA) is 107 Å². The zero-order valence-corrected chi connectivity index (χ0v) is 25.4. The maximum absolute atomic E-state index is 15.8. The zero-order valence-electron chi connectivity index (χ0n) is 25.4. The van der Waals surface area contributed by atoms with Crippen molar-refractivity contribution < 1.29 is 46.1 Å². The van der Waals surface area contributed by atoms with Crippen molar-refractivity contribution in [1.29, 1.82) is 0 Å². The number of benzene rings is 3. The van der Waals surface area contributed by atoms with Crippen molar-refractivity contribution in [2.24, 2.45) is 0 Å². The fourth-order valence-electron chi connectivity index (χ4n) is 5.76. The summed E-state index contributed by atoms with van der Waals surface area (Å²) in [6.07, 6.45) is -5.28. The SMILES string of the molecule is COCCc1cn([C@@H]2C(=O)N[C@H](CC(=O)O)c3cc(cc(C)c3F)-c3c(C)cccc3Oc3ccc(F)c2c3)c(=O)cc1C(F)(F)F. The molecule has 13 heteroatoms. The number of alkyl halides is 3. The number of carbonyl (C=O) groups excluding carboxylic acids is 1. The first-order valence-electron chi connectivity index (χ1n) is 14.4. The molecule has 1 aliphatic rings. The summed E-state index contributed by atoms with van der Waals surface area (Å²) in [6, 6.07) is 8.16.